The Balaban J connectivity index is 1.65. The summed E-state index contributed by atoms with van der Waals surface area (Å²) in [5, 5.41) is 3.49. The van der Waals surface area contributed by atoms with Gasteiger partial charge in [-0.1, -0.05) is 74.5 Å². The van der Waals surface area contributed by atoms with E-state index in [0.29, 0.717) is 25.7 Å². The van der Waals surface area contributed by atoms with Gasteiger partial charge < -0.3 is 14.8 Å². The summed E-state index contributed by atoms with van der Waals surface area (Å²) in [4.78, 5) is 0. The molecule has 140 valence electrons. The van der Waals surface area contributed by atoms with Crippen molar-refractivity contribution in [3.05, 3.63) is 90.0 Å². The third-order valence-corrected chi connectivity index (χ3v) is 4.14. The van der Waals surface area contributed by atoms with Gasteiger partial charge in [-0.2, -0.15) is 0 Å². The topological polar surface area (TPSA) is 30.5 Å². The van der Waals surface area contributed by atoms with Gasteiger partial charge in [-0.3, -0.25) is 0 Å². The maximum Gasteiger partial charge on any atom is 0.142 e. The summed E-state index contributed by atoms with van der Waals surface area (Å²) in [5.74, 6) is 2.28. The molecule has 1 N–H and O–H groups in total. The lowest BCUT2D eigenvalue weighted by Crippen LogP contribution is -2.08. The van der Waals surface area contributed by atoms with Crippen molar-refractivity contribution in [2.75, 3.05) is 11.9 Å². The number of rotatable bonds is 9. The standard InChI is InChI=1S/C24H27NO2/c1-19(2)17-26-23-14-8-6-12-21(23)16-25-22-13-7-9-15-24(22)27-18-20-10-4-3-5-11-20/h3-15,19,25H,16-18H2,1-2H3. The molecule has 0 atom stereocenters. The predicted molar refractivity (Wildman–Crippen MR) is 111 cm³/mol. The summed E-state index contributed by atoms with van der Waals surface area (Å²) in [5.41, 5.74) is 3.27. The molecule has 0 aromatic heterocycles. The highest BCUT2D eigenvalue weighted by molar-refractivity contribution is 5.56. The maximum absolute atomic E-state index is 6.03. The van der Waals surface area contributed by atoms with Crippen LogP contribution >= 0.6 is 0 Å². The highest BCUT2D eigenvalue weighted by Crippen LogP contribution is 2.27. The monoisotopic (exact) mass is 361 g/mol. The van der Waals surface area contributed by atoms with Gasteiger partial charge in [-0.15, -0.1) is 0 Å². The number of nitrogens with one attached hydrogen (secondary N) is 1. The molecule has 3 rings (SSSR count). The number of hydrogen-bond donors (Lipinski definition) is 1. The van der Waals surface area contributed by atoms with E-state index in [2.05, 4.69) is 37.4 Å². The van der Waals surface area contributed by atoms with Crippen molar-refractivity contribution >= 4 is 5.69 Å². The normalized spacial score (nSPS) is 10.6. The van der Waals surface area contributed by atoms with E-state index in [4.69, 9.17) is 9.47 Å². The van der Waals surface area contributed by atoms with Crippen LogP contribution in [0.2, 0.25) is 0 Å². The molecule has 0 saturated heterocycles. The Hall–Kier alpha value is -2.94. The molecule has 3 heteroatoms. The molecule has 0 heterocycles. The maximum atomic E-state index is 6.03. The SMILES string of the molecule is CC(C)COc1ccccc1CNc1ccccc1OCc1ccccc1. The third-order valence-electron chi connectivity index (χ3n) is 4.14. The Labute approximate surface area is 162 Å². The molecule has 0 radical (unpaired) electrons. The van der Waals surface area contributed by atoms with E-state index in [1.807, 2.05) is 60.7 Å². The molecule has 0 aliphatic rings. The van der Waals surface area contributed by atoms with E-state index >= 15 is 0 Å². The van der Waals surface area contributed by atoms with Gasteiger partial charge in [-0.25, -0.2) is 0 Å². The second kappa shape index (κ2) is 9.67. The molecule has 3 aromatic rings. The molecule has 0 unspecified atom stereocenters. The molecule has 0 fully saturated rings. The number of hydrogen-bond acceptors (Lipinski definition) is 3. The van der Waals surface area contributed by atoms with Crippen molar-refractivity contribution in [3.8, 4) is 11.5 Å². The van der Waals surface area contributed by atoms with Crippen LogP contribution in [0.4, 0.5) is 5.69 Å². The Morgan fingerprint density at radius 3 is 2.19 bits per heavy atom. The van der Waals surface area contributed by atoms with Crippen molar-refractivity contribution < 1.29 is 9.47 Å². The molecule has 3 nitrogen and oxygen atoms in total. The molecule has 27 heavy (non-hydrogen) atoms. The summed E-state index contributed by atoms with van der Waals surface area (Å²) < 4.78 is 12.0. The van der Waals surface area contributed by atoms with E-state index in [-0.39, 0.29) is 0 Å². The predicted octanol–water partition coefficient (Wildman–Crippen LogP) is 5.91. The van der Waals surface area contributed by atoms with Crippen molar-refractivity contribution in [2.45, 2.75) is 27.0 Å². The van der Waals surface area contributed by atoms with Crippen LogP contribution in [0.15, 0.2) is 78.9 Å². The zero-order chi connectivity index (χ0) is 18.9. The molecule has 0 aliphatic heterocycles. The van der Waals surface area contributed by atoms with Crippen LogP contribution in [0.25, 0.3) is 0 Å². The summed E-state index contributed by atoms with van der Waals surface area (Å²) in [6.07, 6.45) is 0. The number of benzene rings is 3. The van der Waals surface area contributed by atoms with Gasteiger partial charge in [0.1, 0.15) is 18.1 Å². The van der Waals surface area contributed by atoms with Gasteiger partial charge in [0, 0.05) is 12.1 Å². The average molecular weight is 361 g/mol. The lowest BCUT2D eigenvalue weighted by Gasteiger charge is -2.16. The van der Waals surface area contributed by atoms with E-state index in [0.717, 1.165) is 28.3 Å². The summed E-state index contributed by atoms with van der Waals surface area (Å²) >= 11 is 0. The first-order valence-corrected chi connectivity index (χ1v) is 9.42. The van der Waals surface area contributed by atoms with Crippen LogP contribution in [-0.2, 0) is 13.2 Å². The summed E-state index contributed by atoms with van der Waals surface area (Å²) in [7, 11) is 0. The quantitative estimate of drug-likeness (QED) is 0.514. The largest absolute Gasteiger partial charge is 0.493 e. The van der Waals surface area contributed by atoms with Crippen molar-refractivity contribution in [1.82, 2.24) is 0 Å². The number of ether oxygens (including phenoxy) is 2. The van der Waals surface area contributed by atoms with E-state index in [1.54, 1.807) is 0 Å². The molecular formula is C24H27NO2. The zero-order valence-electron chi connectivity index (χ0n) is 16.0. The molecule has 0 bridgehead atoms. The Morgan fingerprint density at radius 1 is 0.741 bits per heavy atom. The molecule has 0 saturated carbocycles. The Morgan fingerprint density at radius 2 is 1.41 bits per heavy atom. The Kier molecular flexibility index (Phi) is 6.75. The van der Waals surface area contributed by atoms with Gasteiger partial charge >= 0.3 is 0 Å². The van der Waals surface area contributed by atoms with E-state index in [1.165, 1.54) is 0 Å². The molecule has 0 spiro atoms. The van der Waals surface area contributed by atoms with Crippen molar-refractivity contribution in [1.29, 1.82) is 0 Å². The smallest absolute Gasteiger partial charge is 0.142 e. The van der Waals surface area contributed by atoms with Crippen LogP contribution in [-0.4, -0.2) is 6.61 Å². The highest BCUT2D eigenvalue weighted by Gasteiger charge is 2.07. The number of anilines is 1. The lowest BCUT2D eigenvalue weighted by molar-refractivity contribution is 0.269. The van der Waals surface area contributed by atoms with Crippen LogP contribution in [0, 0.1) is 5.92 Å². The fourth-order valence-electron chi connectivity index (χ4n) is 2.71. The van der Waals surface area contributed by atoms with Gasteiger partial charge in [0.2, 0.25) is 0 Å². The summed E-state index contributed by atoms with van der Waals surface area (Å²) in [6, 6.07) is 26.4. The van der Waals surface area contributed by atoms with Crippen LogP contribution in [0.3, 0.4) is 0 Å². The minimum Gasteiger partial charge on any atom is -0.493 e. The second-order valence-electron chi connectivity index (χ2n) is 6.94. The van der Waals surface area contributed by atoms with E-state index in [9.17, 15) is 0 Å². The molecular weight excluding hydrogens is 334 g/mol. The van der Waals surface area contributed by atoms with Crippen LogP contribution in [0.5, 0.6) is 11.5 Å². The second-order valence-corrected chi connectivity index (χ2v) is 6.94. The Bertz CT molecular complexity index is 831. The first kappa shape index (κ1) is 18.8. The van der Waals surface area contributed by atoms with Gasteiger partial charge in [0.25, 0.3) is 0 Å². The van der Waals surface area contributed by atoms with Crippen LogP contribution in [0.1, 0.15) is 25.0 Å². The fraction of sp³-hybridized carbons (Fsp3) is 0.250. The molecule has 0 aliphatic carbocycles. The minimum absolute atomic E-state index is 0.498. The highest BCUT2D eigenvalue weighted by atomic mass is 16.5. The molecule has 3 aromatic carbocycles. The number of para-hydroxylation sites is 3. The van der Waals surface area contributed by atoms with Crippen molar-refractivity contribution in [2.24, 2.45) is 5.92 Å². The first-order chi connectivity index (χ1) is 13.2. The lowest BCUT2D eigenvalue weighted by atomic mass is 10.2. The van der Waals surface area contributed by atoms with Gasteiger partial charge in [-0.05, 0) is 29.7 Å². The third kappa shape index (κ3) is 5.78. The van der Waals surface area contributed by atoms with Crippen LogP contribution < -0.4 is 14.8 Å². The molecule has 0 amide bonds. The zero-order valence-corrected chi connectivity index (χ0v) is 16.0. The minimum atomic E-state index is 0.498. The van der Waals surface area contributed by atoms with Gasteiger partial charge in [0.05, 0.1) is 12.3 Å². The average Bonchev–Trinajstić information content (AvgIpc) is 2.71. The fourth-order valence-corrected chi connectivity index (χ4v) is 2.71. The summed E-state index contributed by atoms with van der Waals surface area (Å²) in [6.45, 7) is 6.25. The first-order valence-electron chi connectivity index (χ1n) is 9.42. The van der Waals surface area contributed by atoms with E-state index < -0.39 is 0 Å². The van der Waals surface area contributed by atoms with Gasteiger partial charge in [0.15, 0.2) is 0 Å². The van der Waals surface area contributed by atoms with Crippen molar-refractivity contribution in [3.63, 3.8) is 0 Å².